The minimum Gasteiger partial charge on any atom is -0.370 e. The summed E-state index contributed by atoms with van der Waals surface area (Å²) in [5, 5.41) is 3.14. The lowest BCUT2D eigenvalue weighted by molar-refractivity contribution is 0.0775. The van der Waals surface area contributed by atoms with Gasteiger partial charge in [-0.25, -0.2) is 0 Å². The van der Waals surface area contributed by atoms with Crippen molar-refractivity contribution in [1.29, 1.82) is 0 Å². The molecule has 0 aromatic heterocycles. The lowest BCUT2D eigenvalue weighted by atomic mass is 9.94. The van der Waals surface area contributed by atoms with Crippen LogP contribution in [0, 0.1) is 5.92 Å². The highest BCUT2D eigenvalue weighted by atomic mass is 15.2. The third kappa shape index (κ3) is 4.84. The second-order valence-electron chi connectivity index (χ2n) is 6.51. The summed E-state index contributed by atoms with van der Waals surface area (Å²) in [6.07, 6.45) is 2.65. The number of piperidine rings is 1. The minimum absolute atomic E-state index is 0.0952. The van der Waals surface area contributed by atoms with Crippen LogP contribution in [0.4, 0.5) is 0 Å². The molecule has 1 atom stereocenters. The number of nitrogens with one attached hydrogen (secondary N) is 1. The highest BCUT2D eigenvalue weighted by molar-refractivity contribution is 5.78. The molecule has 1 unspecified atom stereocenters. The molecule has 3 N–H and O–H groups in total. The van der Waals surface area contributed by atoms with Gasteiger partial charge in [0.2, 0.25) is 0 Å². The smallest absolute Gasteiger partial charge is 0.188 e. The summed E-state index contributed by atoms with van der Waals surface area (Å²) in [5.74, 6) is 1.36. The average molecular weight is 254 g/mol. The van der Waals surface area contributed by atoms with Gasteiger partial charge in [0.25, 0.3) is 0 Å². The molecule has 18 heavy (non-hydrogen) atoms. The fraction of sp³-hybridized carbons (Fsp3) is 0.929. The third-order valence-corrected chi connectivity index (χ3v) is 3.59. The van der Waals surface area contributed by atoms with Gasteiger partial charge in [0.1, 0.15) is 0 Å². The van der Waals surface area contributed by atoms with Crippen LogP contribution in [0.3, 0.4) is 0 Å². The number of guanidine groups is 1. The molecular weight excluding hydrogens is 224 g/mol. The predicted molar refractivity (Wildman–Crippen MR) is 78.8 cm³/mol. The molecule has 1 saturated heterocycles. The van der Waals surface area contributed by atoms with Gasteiger partial charge in [0.05, 0.1) is 6.54 Å². The minimum atomic E-state index is 0.0952. The molecule has 1 fully saturated rings. The standard InChI is InChI=1S/C14H30N4/c1-11(2)17-13(15)16-10-14(4,5)18-8-6-7-12(3)9-18/h11-12H,6-10H2,1-5H3,(H3,15,16,17). The molecule has 106 valence electrons. The van der Waals surface area contributed by atoms with Gasteiger partial charge in [-0.1, -0.05) is 6.92 Å². The van der Waals surface area contributed by atoms with Crippen molar-refractivity contribution < 1.29 is 0 Å². The zero-order valence-electron chi connectivity index (χ0n) is 12.7. The van der Waals surface area contributed by atoms with E-state index in [1.165, 1.54) is 25.9 Å². The van der Waals surface area contributed by atoms with Gasteiger partial charge in [-0.2, -0.15) is 0 Å². The summed E-state index contributed by atoms with van der Waals surface area (Å²) in [6, 6.07) is 0.340. The lowest BCUT2D eigenvalue weighted by Crippen LogP contribution is -2.51. The molecular formula is C14H30N4. The maximum atomic E-state index is 5.86. The zero-order valence-corrected chi connectivity index (χ0v) is 12.7. The molecule has 0 saturated carbocycles. The van der Waals surface area contributed by atoms with Gasteiger partial charge in [0.15, 0.2) is 5.96 Å². The van der Waals surface area contributed by atoms with Crippen molar-refractivity contribution in [3.8, 4) is 0 Å². The molecule has 1 rings (SSSR count). The van der Waals surface area contributed by atoms with E-state index in [9.17, 15) is 0 Å². The van der Waals surface area contributed by atoms with Gasteiger partial charge in [-0.3, -0.25) is 9.89 Å². The Labute approximate surface area is 112 Å². The van der Waals surface area contributed by atoms with Gasteiger partial charge < -0.3 is 11.1 Å². The highest BCUT2D eigenvalue weighted by Gasteiger charge is 2.29. The van der Waals surface area contributed by atoms with Crippen molar-refractivity contribution >= 4 is 5.96 Å². The molecule has 0 radical (unpaired) electrons. The van der Waals surface area contributed by atoms with Crippen LogP contribution in [0.1, 0.15) is 47.5 Å². The topological polar surface area (TPSA) is 53.6 Å². The Kier molecular flexibility index (Phi) is 5.45. The molecule has 4 nitrogen and oxygen atoms in total. The van der Waals surface area contributed by atoms with Crippen molar-refractivity contribution in [2.75, 3.05) is 19.6 Å². The maximum absolute atomic E-state index is 5.86. The Balaban J connectivity index is 2.52. The molecule has 0 aromatic rings. The maximum Gasteiger partial charge on any atom is 0.188 e. The van der Waals surface area contributed by atoms with Crippen LogP contribution in [0.15, 0.2) is 4.99 Å². The Bertz CT molecular complexity index is 284. The van der Waals surface area contributed by atoms with Gasteiger partial charge in [-0.15, -0.1) is 0 Å². The molecule has 0 aliphatic carbocycles. The van der Waals surface area contributed by atoms with E-state index in [1.807, 2.05) is 0 Å². The largest absolute Gasteiger partial charge is 0.370 e. The average Bonchev–Trinajstić information content (AvgIpc) is 2.26. The number of rotatable bonds is 4. The quantitative estimate of drug-likeness (QED) is 0.594. The molecule has 1 aliphatic rings. The van der Waals surface area contributed by atoms with Crippen LogP contribution >= 0.6 is 0 Å². The van der Waals surface area contributed by atoms with E-state index < -0.39 is 0 Å². The zero-order chi connectivity index (χ0) is 13.8. The van der Waals surface area contributed by atoms with Crippen LogP contribution in [0.2, 0.25) is 0 Å². The van der Waals surface area contributed by atoms with E-state index >= 15 is 0 Å². The first-order valence-electron chi connectivity index (χ1n) is 7.13. The van der Waals surface area contributed by atoms with Gasteiger partial charge >= 0.3 is 0 Å². The fourth-order valence-electron chi connectivity index (χ4n) is 2.46. The van der Waals surface area contributed by atoms with Crippen LogP contribution in [0.5, 0.6) is 0 Å². The van der Waals surface area contributed by atoms with E-state index in [4.69, 9.17) is 5.73 Å². The first-order chi connectivity index (χ1) is 8.31. The summed E-state index contributed by atoms with van der Waals surface area (Å²) in [6.45, 7) is 14.1. The molecule has 0 aromatic carbocycles. The Morgan fingerprint density at radius 3 is 2.72 bits per heavy atom. The summed E-state index contributed by atoms with van der Waals surface area (Å²) in [5.41, 5.74) is 5.95. The summed E-state index contributed by atoms with van der Waals surface area (Å²) >= 11 is 0. The Hall–Kier alpha value is -0.770. The fourth-order valence-corrected chi connectivity index (χ4v) is 2.46. The van der Waals surface area contributed by atoms with Crippen LogP contribution in [0.25, 0.3) is 0 Å². The molecule has 1 aliphatic heterocycles. The van der Waals surface area contributed by atoms with E-state index in [1.54, 1.807) is 0 Å². The molecule has 0 spiro atoms. The second kappa shape index (κ2) is 6.41. The summed E-state index contributed by atoms with van der Waals surface area (Å²) < 4.78 is 0. The molecule has 4 heteroatoms. The SMILES string of the molecule is CC1CCCN(C(C)(C)CN=C(N)NC(C)C)C1. The van der Waals surface area contributed by atoms with Crippen LogP contribution in [-0.4, -0.2) is 42.1 Å². The monoisotopic (exact) mass is 254 g/mol. The third-order valence-electron chi connectivity index (χ3n) is 3.59. The van der Waals surface area contributed by atoms with E-state index in [2.05, 4.69) is 49.8 Å². The second-order valence-corrected chi connectivity index (χ2v) is 6.51. The van der Waals surface area contributed by atoms with Crippen molar-refractivity contribution in [2.24, 2.45) is 16.6 Å². The number of nitrogens with zero attached hydrogens (tertiary/aromatic N) is 2. The predicted octanol–water partition coefficient (Wildman–Crippen LogP) is 1.81. The van der Waals surface area contributed by atoms with Gasteiger partial charge in [0, 0.05) is 18.1 Å². The highest BCUT2D eigenvalue weighted by Crippen LogP contribution is 2.23. The van der Waals surface area contributed by atoms with Crippen molar-refractivity contribution in [3.63, 3.8) is 0 Å². The van der Waals surface area contributed by atoms with E-state index in [-0.39, 0.29) is 5.54 Å². The number of nitrogens with two attached hydrogens (primary N) is 1. The number of likely N-dealkylation sites (tertiary alicyclic amines) is 1. The normalized spacial score (nSPS) is 23.4. The first-order valence-corrected chi connectivity index (χ1v) is 7.13. The number of aliphatic imine (C=N–C) groups is 1. The lowest BCUT2D eigenvalue weighted by Gasteiger charge is -2.42. The van der Waals surface area contributed by atoms with Crippen LogP contribution in [-0.2, 0) is 0 Å². The molecule has 1 heterocycles. The Morgan fingerprint density at radius 1 is 1.50 bits per heavy atom. The van der Waals surface area contributed by atoms with E-state index in [0.717, 1.165) is 12.5 Å². The van der Waals surface area contributed by atoms with Crippen molar-refractivity contribution in [1.82, 2.24) is 10.2 Å². The first kappa shape index (κ1) is 15.3. The Morgan fingerprint density at radius 2 is 2.17 bits per heavy atom. The van der Waals surface area contributed by atoms with Crippen molar-refractivity contribution in [2.45, 2.75) is 59.0 Å². The number of hydrogen-bond donors (Lipinski definition) is 2. The molecule has 0 bridgehead atoms. The van der Waals surface area contributed by atoms with Crippen LogP contribution < -0.4 is 11.1 Å². The summed E-state index contributed by atoms with van der Waals surface area (Å²) in [7, 11) is 0. The van der Waals surface area contributed by atoms with Crippen molar-refractivity contribution in [3.05, 3.63) is 0 Å². The number of hydrogen-bond acceptors (Lipinski definition) is 2. The van der Waals surface area contributed by atoms with E-state index in [0.29, 0.717) is 12.0 Å². The summed E-state index contributed by atoms with van der Waals surface area (Å²) in [4.78, 5) is 7.03. The van der Waals surface area contributed by atoms with Gasteiger partial charge in [-0.05, 0) is 53.0 Å². The molecule has 0 amide bonds.